The second kappa shape index (κ2) is 9.75. The molecule has 0 bridgehead atoms. The smallest absolute Gasteiger partial charge is 0.133 e. The molecule has 5 heterocycles. The van der Waals surface area contributed by atoms with E-state index < -0.39 is 0 Å². The summed E-state index contributed by atoms with van der Waals surface area (Å²) in [5, 5.41) is 24.2. The summed E-state index contributed by atoms with van der Waals surface area (Å²) in [6, 6.07) is 17.0. The predicted molar refractivity (Wildman–Crippen MR) is 142 cm³/mol. The fourth-order valence-corrected chi connectivity index (χ4v) is 7.31. The highest BCUT2D eigenvalue weighted by Crippen LogP contribution is 2.41. The van der Waals surface area contributed by atoms with E-state index in [-0.39, 0.29) is 0 Å². The van der Waals surface area contributed by atoms with Crippen molar-refractivity contribution in [3.63, 3.8) is 0 Å². The van der Waals surface area contributed by atoms with Gasteiger partial charge in [0.05, 0.1) is 11.1 Å². The van der Waals surface area contributed by atoms with Gasteiger partial charge in [-0.25, -0.2) is 9.97 Å². The molecule has 0 amide bonds. The summed E-state index contributed by atoms with van der Waals surface area (Å²) >= 11 is 8.00. The van der Waals surface area contributed by atoms with Gasteiger partial charge in [-0.1, -0.05) is 0 Å². The molecule has 0 unspecified atom stereocenters. The third-order valence-electron chi connectivity index (χ3n) is 4.48. The van der Waals surface area contributed by atoms with Crippen LogP contribution in [0.3, 0.4) is 0 Å². The summed E-state index contributed by atoms with van der Waals surface area (Å²) in [6.07, 6.45) is 7.22. The minimum atomic E-state index is 0.582. The number of allylic oxidation sites excluding steroid dienone is 2. The summed E-state index contributed by atoms with van der Waals surface area (Å²) in [5.74, 6) is 0. The average molecular weight is 517 g/mol. The zero-order chi connectivity index (χ0) is 22.6. The second-order valence-corrected chi connectivity index (χ2v) is 11.7. The molecule has 0 aliphatic rings. The molecule has 0 fully saturated rings. The van der Waals surface area contributed by atoms with Crippen molar-refractivity contribution in [2.45, 2.75) is 0 Å². The Balaban J connectivity index is 1.37. The molecule has 0 radical (unpaired) electrons. The van der Waals surface area contributed by atoms with Crippen molar-refractivity contribution in [1.82, 2.24) is 9.97 Å². The van der Waals surface area contributed by atoms with Crippen LogP contribution in [0.4, 0.5) is 0 Å². The Morgan fingerprint density at radius 2 is 1.06 bits per heavy atom. The van der Waals surface area contributed by atoms with Crippen LogP contribution >= 0.6 is 56.7 Å². The Morgan fingerprint density at radius 3 is 1.45 bits per heavy atom. The molecule has 0 aliphatic heterocycles. The van der Waals surface area contributed by atoms with Crippen LogP contribution in [0.1, 0.15) is 19.8 Å². The Labute approximate surface area is 210 Å². The van der Waals surface area contributed by atoms with E-state index in [1.54, 1.807) is 46.4 Å². The number of nitriles is 2. The van der Waals surface area contributed by atoms with Gasteiger partial charge in [0.1, 0.15) is 22.2 Å². The molecule has 4 nitrogen and oxygen atoms in total. The van der Waals surface area contributed by atoms with Gasteiger partial charge in [0.15, 0.2) is 0 Å². The van der Waals surface area contributed by atoms with Gasteiger partial charge in [0.25, 0.3) is 0 Å². The molecule has 33 heavy (non-hydrogen) atoms. The zero-order valence-electron chi connectivity index (χ0n) is 16.8. The molecule has 5 aromatic rings. The Kier molecular flexibility index (Phi) is 6.40. The van der Waals surface area contributed by atoms with Crippen molar-refractivity contribution < 1.29 is 0 Å². The van der Waals surface area contributed by atoms with Gasteiger partial charge in [0, 0.05) is 52.4 Å². The number of thiazole rings is 2. The van der Waals surface area contributed by atoms with Crippen molar-refractivity contribution in [1.29, 1.82) is 10.5 Å². The quantitative estimate of drug-likeness (QED) is 0.213. The van der Waals surface area contributed by atoms with E-state index >= 15 is 0 Å². The minimum Gasteiger partial charge on any atom is -0.244 e. The first-order chi connectivity index (χ1) is 16.2. The topological polar surface area (TPSA) is 73.4 Å². The lowest BCUT2D eigenvalue weighted by molar-refractivity contribution is 1.38. The van der Waals surface area contributed by atoms with Crippen LogP contribution < -0.4 is 0 Å². The molecule has 0 saturated heterocycles. The fourth-order valence-electron chi connectivity index (χ4n) is 3.01. The van der Waals surface area contributed by atoms with Crippen LogP contribution in [0.25, 0.3) is 42.8 Å². The van der Waals surface area contributed by atoms with Crippen molar-refractivity contribution in [3.05, 3.63) is 79.3 Å². The van der Waals surface area contributed by atoms with Gasteiger partial charge in [0.2, 0.25) is 0 Å². The second-order valence-electron chi connectivity index (χ2n) is 6.58. The highest BCUT2D eigenvalue weighted by molar-refractivity contribution is 7.26. The molecular weight excluding hydrogens is 505 g/mol. The van der Waals surface area contributed by atoms with E-state index in [0.717, 1.165) is 19.8 Å². The first-order valence-electron chi connectivity index (χ1n) is 9.57. The Morgan fingerprint density at radius 1 is 0.636 bits per heavy atom. The normalized spacial score (nSPS) is 11.9. The van der Waals surface area contributed by atoms with E-state index in [9.17, 15) is 10.5 Å². The van der Waals surface area contributed by atoms with Crippen molar-refractivity contribution in [2.75, 3.05) is 0 Å². The molecule has 5 rings (SSSR count). The van der Waals surface area contributed by atoms with E-state index in [1.165, 1.54) is 42.2 Å². The first-order valence-corrected chi connectivity index (χ1v) is 13.8. The molecule has 0 N–H and O–H groups in total. The van der Waals surface area contributed by atoms with Crippen molar-refractivity contribution in [2.24, 2.45) is 0 Å². The van der Waals surface area contributed by atoms with Crippen molar-refractivity contribution in [3.8, 4) is 31.6 Å². The lowest BCUT2D eigenvalue weighted by atomic mass is 10.2. The summed E-state index contributed by atoms with van der Waals surface area (Å²) in [7, 11) is 0. The molecule has 0 spiro atoms. The Bertz CT molecular complexity index is 1420. The van der Waals surface area contributed by atoms with Crippen molar-refractivity contribution >= 4 is 80.0 Å². The van der Waals surface area contributed by atoms with Gasteiger partial charge in [-0.3, -0.25) is 0 Å². The number of nitrogens with zero attached hydrogens (tertiary/aromatic N) is 4. The molecule has 158 valence electrons. The number of thiophene rings is 3. The standard InChI is InChI=1S/C24H12N4S5/c25-13-15(23-27-7-9-29-23)11-17-1-3-19(31-17)21-5-6-22(33-21)20-4-2-18(32-20)12-16(14-26)24-28-8-10-30-24/h1-12H. The van der Waals surface area contributed by atoms with Crippen LogP contribution in [0.2, 0.25) is 0 Å². The van der Waals surface area contributed by atoms with E-state index in [2.05, 4.69) is 46.4 Å². The van der Waals surface area contributed by atoms with E-state index in [1.807, 2.05) is 35.0 Å². The van der Waals surface area contributed by atoms with Crippen LogP contribution in [0, 0.1) is 22.7 Å². The largest absolute Gasteiger partial charge is 0.244 e. The van der Waals surface area contributed by atoms with Gasteiger partial charge in [-0.15, -0.1) is 56.7 Å². The maximum Gasteiger partial charge on any atom is 0.133 e. The lowest BCUT2D eigenvalue weighted by Crippen LogP contribution is -1.77. The van der Waals surface area contributed by atoms with Gasteiger partial charge in [-0.2, -0.15) is 10.5 Å². The Hall–Kier alpha value is -3.18. The number of hydrogen-bond donors (Lipinski definition) is 0. The van der Waals surface area contributed by atoms with Gasteiger partial charge < -0.3 is 0 Å². The van der Waals surface area contributed by atoms with Crippen LogP contribution in [-0.2, 0) is 0 Å². The maximum atomic E-state index is 9.47. The third-order valence-corrected chi connectivity index (χ3v) is 9.64. The summed E-state index contributed by atoms with van der Waals surface area (Å²) in [4.78, 5) is 15.2. The van der Waals surface area contributed by atoms with Crippen LogP contribution in [0.5, 0.6) is 0 Å². The molecule has 0 atom stereocenters. The predicted octanol–water partition coefficient (Wildman–Crippen LogP) is 8.25. The minimum absolute atomic E-state index is 0.582. The summed E-state index contributed by atoms with van der Waals surface area (Å²) in [5.41, 5.74) is 1.16. The molecule has 5 aromatic heterocycles. The molecule has 0 saturated carbocycles. The third kappa shape index (κ3) is 4.79. The monoisotopic (exact) mass is 516 g/mol. The number of aromatic nitrogens is 2. The average Bonchev–Trinajstić information content (AvgIpc) is 3.65. The zero-order valence-corrected chi connectivity index (χ0v) is 20.8. The highest BCUT2D eigenvalue weighted by atomic mass is 32.1. The molecule has 9 heteroatoms. The molecule has 0 aromatic carbocycles. The van der Waals surface area contributed by atoms with Gasteiger partial charge >= 0.3 is 0 Å². The SMILES string of the molecule is N#CC(=Cc1ccc(-c2ccc(-c3ccc(C=C(C#N)c4nccs4)s3)s2)s1)c1nccs1. The first kappa shape index (κ1) is 21.7. The summed E-state index contributed by atoms with van der Waals surface area (Å²) < 4.78 is 0. The van der Waals surface area contributed by atoms with Crippen LogP contribution in [-0.4, -0.2) is 9.97 Å². The number of hydrogen-bond acceptors (Lipinski definition) is 9. The summed E-state index contributed by atoms with van der Waals surface area (Å²) in [6.45, 7) is 0. The molecule has 0 aliphatic carbocycles. The van der Waals surface area contributed by atoms with Crippen LogP contribution in [0.15, 0.2) is 59.6 Å². The lowest BCUT2D eigenvalue weighted by Gasteiger charge is -1.93. The fraction of sp³-hybridized carbons (Fsp3) is 0. The molecular formula is C24H12N4S5. The van der Waals surface area contributed by atoms with Gasteiger partial charge in [-0.05, 0) is 48.6 Å². The van der Waals surface area contributed by atoms with E-state index in [4.69, 9.17) is 0 Å². The highest BCUT2D eigenvalue weighted by Gasteiger charge is 2.11. The maximum absolute atomic E-state index is 9.47. The number of rotatable bonds is 6. The van der Waals surface area contributed by atoms with E-state index in [0.29, 0.717) is 11.1 Å².